The summed E-state index contributed by atoms with van der Waals surface area (Å²) in [5.41, 5.74) is 13.0. The van der Waals surface area contributed by atoms with Crippen molar-refractivity contribution in [2.45, 2.75) is 19.8 Å². The summed E-state index contributed by atoms with van der Waals surface area (Å²) in [6, 6.07) is 16.1. The lowest BCUT2D eigenvalue weighted by Crippen LogP contribution is -2.36. The van der Waals surface area contributed by atoms with Gasteiger partial charge in [0.15, 0.2) is 0 Å². The highest BCUT2D eigenvalue weighted by Gasteiger charge is 2.24. The van der Waals surface area contributed by atoms with Crippen molar-refractivity contribution in [3.63, 3.8) is 0 Å². The number of rotatable bonds is 4. The largest absolute Gasteiger partial charge is 0.298 e. The summed E-state index contributed by atoms with van der Waals surface area (Å²) in [5.74, 6) is -0.244. The molecule has 0 aliphatic heterocycles. The van der Waals surface area contributed by atoms with E-state index in [1.165, 1.54) is 11.1 Å². The van der Waals surface area contributed by atoms with E-state index in [-0.39, 0.29) is 5.91 Å². The highest BCUT2D eigenvalue weighted by atomic mass is 16.2. The summed E-state index contributed by atoms with van der Waals surface area (Å²) < 4.78 is 0. The highest BCUT2D eigenvalue weighted by molar-refractivity contribution is 5.96. The van der Waals surface area contributed by atoms with Crippen molar-refractivity contribution in [3.05, 3.63) is 83.1 Å². The lowest BCUT2D eigenvalue weighted by atomic mass is 9.89. The van der Waals surface area contributed by atoms with Crippen LogP contribution in [0.2, 0.25) is 0 Å². The van der Waals surface area contributed by atoms with Crippen molar-refractivity contribution in [3.8, 4) is 11.3 Å². The summed E-state index contributed by atoms with van der Waals surface area (Å²) in [6.45, 7) is 6.00. The first-order valence-electron chi connectivity index (χ1n) is 8.61. The second kappa shape index (κ2) is 6.52. The Morgan fingerprint density at radius 3 is 2.65 bits per heavy atom. The molecule has 5 nitrogen and oxygen atoms in total. The summed E-state index contributed by atoms with van der Waals surface area (Å²) >= 11 is 0. The zero-order valence-electron chi connectivity index (χ0n) is 14.6. The zero-order valence-corrected chi connectivity index (χ0v) is 14.6. The van der Waals surface area contributed by atoms with Crippen molar-refractivity contribution in [2.75, 3.05) is 0 Å². The zero-order chi connectivity index (χ0) is 18.1. The minimum atomic E-state index is -0.244. The quantitative estimate of drug-likeness (QED) is 0.636. The van der Waals surface area contributed by atoms with E-state index in [0.29, 0.717) is 11.4 Å². The standard InChI is InChI=1S/C21H20N4O/c1-13-7-9-15(10-8-13)14(2)22-25-21(26)20-18-12-11-16-5-3-4-6-17(16)19(18)23-24-20/h3-10,22H,2,11-12H2,1H3,(H,23,24)(H,25,26). The normalized spacial score (nSPS) is 12.0. The number of aryl methyl sites for hydroxylation is 2. The molecule has 1 aliphatic carbocycles. The van der Waals surface area contributed by atoms with Gasteiger partial charge in [0, 0.05) is 11.1 Å². The van der Waals surface area contributed by atoms with Crippen molar-refractivity contribution in [1.29, 1.82) is 0 Å². The summed E-state index contributed by atoms with van der Waals surface area (Å²) in [4.78, 5) is 12.6. The van der Waals surface area contributed by atoms with Crippen molar-refractivity contribution in [1.82, 2.24) is 21.0 Å². The number of aromatic amines is 1. The van der Waals surface area contributed by atoms with Crippen molar-refractivity contribution < 1.29 is 4.79 Å². The molecule has 1 aromatic heterocycles. The van der Waals surface area contributed by atoms with Crippen LogP contribution >= 0.6 is 0 Å². The van der Waals surface area contributed by atoms with Gasteiger partial charge in [-0.05, 0) is 30.9 Å². The summed E-state index contributed by atoms with van der Waals surface area (Å²) in [7, 11) is 0. The van der Waals surface area contributed by atoms with E-state index in [0.717, 1.165) is 35.2 Å². The summed E-state index contributed by atoms with van der Waals surface area (Å²) in [6.07, 6.45) is 1.71. The van der Waals surface area contributed by atoms with E-state index in [9.17, 15) is 4.79 Å². The molecule has 3 N–H and O–H groups in total. The van der Waals surface area contributed by atoms with Gasteiger partial charge in [0.25, 0.3) is 5.91 Å². The first-order chi connectivity index (χ1) is 12.6. The third-order valence-corrected chi connectivity index (χ3v) is 4.74. The van der Waals surface area contributed by atoms with Gasteiger partial charge in [-0.1, -0.05) is 60.7 Å². The number of nitrogens with zero attached hydrogens (tertiary/aromatic N) is 1. The first-order valence-corrected chi connectivity index (χ1v) is 8.61. The minimum Gasteiger partial charge on any atom is -0.298 e. The highest BCUT2D eigenvalue weighted by Crippen LogP contribution is 2.33. The van der Waals surface area contributed by atoms with E-state index in [2.05, 4.69) is 33.7 Å². The molecule has 2 aromatic carbocycles. The van der Waals surface area contributed by atoms with Crippen LogP contribution in [0.1, 0.15) is 32.7 Å². The lowest BCUT2D eigenvalue weighted by Gasteiger charge is -2.16. The number of benzene rings is 2. The van der Waals surface area contributed by atoms with Crippen LogP contribution in [0, 0.1) is 6.92 Å². The van der Waals surface area contributed by atoms with Crippen LogP contribution in [0.5, 0.6) is 0 Å². The van der Waals surface area contributed by atoms with E-state index < -0.39 is 0 Å². The number of carbonyl (C=O) groups is 1. The van der Waals surface area contributed by atoms with Crippen LogP contribution in [0.3, 0.4) is 0 Å². The van der Waals surface area contributed by atoms with Gasteiger partial charge in [0.2, 0.25) is 0 Å². The van der Waals surface area contributed by atoms with Gasteiger partial charge in [-0.2, -0.15) is 5.10 Å². The second-order valence-corrected chi connectivity index (χ2v) is 6.51. The molecule has 5 heteroatoms. The number of H-pyrrole nitrogens is 1. The van der Waals surface area contributed by atoms with Crippen molar-refractivity contribution in [2.24, 2.45) is 0 Å². The second-order valence-electron chi connectivity index (χ2n) is 6.51. The number of hydrazine groups is 1. The predicted molar refractivity (Wildman–Crippen MR) is 102 cm³/mol. The van der Waals surface area contributed by atoms with Gasteiger partial charge >= 0.3 is 0 Å². The number of carbonyl (C=O) groups excluding carboxylic acids is 1. The molecule has 26 heavy (non-hydrogen) atoms. The van der Waals surface area contributed by atoms with Crippen LogP contribution in [-0.4, -0.2) is 16.1 Å². The monoisotopic (exact) mass is 344 g/mol. The molecule has 0 radical (unpaired) electrons. The molecule has 0 unspecified atom stereocenters. The van der Waals surface area contributed by atoms with Gasteiger partial charge in [0.05, 0.1) is 11.4 Å². The Bertz CT molecular complexity index is 986. The SMILES string of the molecule is C=C(NNC(=O)c1[nH]nc2c1CCc1ccccc1-2)c1ccc(C)cc1. The van der Waals surface area contributed by atoms with Crippen LogP contribution in [0.15, 0.2) is 55.1 Å². The Labute approximate surface area is 152 Å². The Hall–Kier alpha value is -3.34. The maximum absolute atomic E-state index is 12.6. The fourth-order valence-corrected chi connectivity index (χ4v) is 3.27. The number of fused-ring (bicyclic) bond motifs is 3. The molecule has 0 fully saturated rings. The van der Waals surface area contributed by atoms with Crippen molar-refractivity contribution >= 4 is 11.6 Å². The molecule has 0 saturated carbocycles. The Morgan fingerprint density at radius 1 is 1.08 bits per heavy atom. The number of hydrogen-bond donors (Lipinski definition) is 3. The molecule has 0 saturated heterocycles. The molecule has 130 valence electrons. The van der Waals surface area contributed by atoms with Gasteiger partial charge in [-0.3, -0.25) is 20.7 Å². The molecule has 0 bridgehead atoms. The number of hydrogen-bond acceptors (Lipinski definition) is 3. The molecule has 3 aromatic rings. The van der Waals surface area contributed by atoms with Gasteiger partial charge in [-0.15, -0.1) is 0 Å². The Kier molecular flexibility index (Phi) is 4.05. The first kappa shape index (κ1) is 16.1. The number of aromatic nitrogens is 2. The maximum Gasteiger partial charge on any atom is 0.287 e. The molecule has 1 amide bonds. The van der Waals surface area contributed by atoms with E-state index >= 15 is 0 Å². The Morgan fingerprint density at radius 2 is 1.85 bits per heavy atom. The molecule has 1 heterocycles. The number of nitrogens with one attached hydrogen (secondary N) is 3. The molecule has 0 spiro atoms. The van der Waals surface area contributed by atoms with Gasteiger partial charge in [0.1, 0.15) is 5.69 Å². The average molecular weight is 344 g/mol. The molecular formula is C21H20N4O. The lowest BCUT2D eigenvalue weighted by molar-refractivity contribution is 0.0936. The smallest absolute Gasteiger partial charge is 0.287 e. The van der Waals surface area contributed by atoms with Crippen LogP contribution in [0.25, 0.3) is 17.0 Å². The average Bonchev–Trinajstić information content (AvgIpc) is 3.11. The van der Waals surface area contributed by atoms with Crippen LogP contribution in [-0.2, 0) is 12.8 Å². The van der Waals surface area contributed by atoms with E-state index in [1.807, 2.05) is 49.4 Å². The molecular weight excluding hydrogens is 324 g/mol. The molecule has 4 rings (SSSR count). The van der Waals surface area contributed by atoms with Crippen LogP contribution < -0.4 is 10.9 Å². The molecule has 1 aliphatic rings. The molecule has 0 atom stereocenters. The third kappa shape index (κ3) is 2.88. The van der Waals surface area contributed by atoms with E-state index in [1.54, 1.807) is 0 Å². The third-order valence-electron chi connectivity index (χ3n) is 4.74. The summed E-state index contributed by atoms with van der Waals surface area (Å²) in [5, 5.41) is 7.27. The topological polar surface area (TPSA) is 69.8 Å². The maximum atomic E-state index is 12.6. The predicted octanol–water partition coefficient (Wildman–Crippen LogP) is 3.39. The van der Waals surface area contributed by atoms with Crippen LogP contribution in [0.4, 0.5) is 0 Å². The van der Waals surface area contributed by atoms with Gasteiger partial charge < -0.3 is 0 Å². The van der Waals surface area contributed by atoms with E-state index in [4.69, 9.17) is 0 Å². The van der Waals surface area contributed by atoms with Gasteiger partial charge in [-0.25, -0.2) is 0 Å². The Balaban J connectivity index is 1.49. The minimum absolute atomic E-state index is 0.244. The number of amides is 1. The fourth-order valence-electron chi connectivity index (χ4n) is 3.27. The fraction of sp³-hybridized carbons (Fsp3) is 0.143.